The van der Waals surface area contributed by atoms with Crippen LogP contribution in [0.25, 0.3) is 0 Å². The topological polar surface area (TPSA) is 21.3 Å². The van der Waals surface area contributed by atoms with Crippen molar-refractivity contribution in [1.82, 2.24) is 5.32 Å². The summed E-state index contributed by atoms with van der Waals surface area (Å²) in [6.07, 6.45) is -7.21. The first-order chi connectivity index (χ1) is 8.28. The Morgan fingerprint density at radius 3 is 2.17 bits per heavy atom. The van der Waals surface area contributed by atoms with Gasteiger partial charge in [-0.2, -0.15) is 0 Å². The van der Waals surface area contributed by atoms with Crippen LogP contribution in [0.15, 0.2) is 24.3 Å². The molecule has 0 bridgehead atoms. The molecule has 0 radical (unpaired) electrons. The first-order valence-corrected chi connectivity index (χ1v) is 5.15. The zero-order chi connectivity index (χ0) is 13.8. The Morgan fingerprint density at radius 2 is 1.72 bits per heavy atom. The molecule has 0 aliphatic rings. The number of alkyl halides is 5. The molecule has 0 fully saturated rings. The van der Waals surface area contributed by atoms with Gasteiger partial charge in [0, 0.05) is 6.04 Å². The summed E-state index contributed by atoms with van der Waals surface area (Å²) in [6, 6.07) is 4.69. The smallest absolute Gasteiger partial charge is 0.406 e. The third-order valence-corrected chi connectivity index (χ3v) is 2.19. The van der Waals surface area contributed by atoms with Gasteiger partial charge in [-0.15, -0.1) is 13.2 Å². The van der Waals surface area contributed by atoms with Crippen molar-refractivity contribution in [2.24, 2.45) is 0 Å². The first kappa shape index (κ1) is 14.7. The van der Waals surface area contributed by atoms with E-state index in [1.165, 1.54) is 12.1 Å². The van der Waals surface area contributed by atoms with Gasteiger partial charge in [-0.1, -0.05) is 12.1 Å². The molecule has 0 aliphatic carbocycles. The Kier molecular flexibility index (Phi) is 4.89. The molecule has 1 N–H and O–H groups in total. The Hall–Kier alpha value is -1.37. The van der Waals surface area contributed by atoms with Crippen LogP contribution in [-0.2, 0) is 0 Å². The molecule has 0 heterocycles. The summed E-state index contributed by atoms with van der Waals surface area (Å²) in [6.45, 7) is 1.17. The quantitative estimate of drug-likeness (QED) is 0.826. The van der Waals surface area contributed by atoms with Gasteiger partial charge < -0.3 is 10.1 Å². The number of benzene rings is 1. The molecule has 0 saturated carbocycles. The minimum Gasteiger partial charge on any atom is -0.406 e. The van der Waals surface area contributed by atoms with Crippen LogP contribution in [0.3, 0.4) is 0 Å². The van der Waals surface area contributed by atoms with Gasteiger partial charge >= 0.3 is 6.36 Å². The van der Waals surface area contributed by atoms with Gasteiger partial charge in [0.25, 0.3) is 6.43 Å². The van der Waals surface area contributed by atoms with E-state index in [1.807, 2.05) is 0 Å². The standard InChI is InChI=1S/C11H12F5NO/c1-7(17-6-10(12)13)8-2-4-9(5-3-8)18-11(14,15)16/h2-5,7,10,17H,6H2,1H3. The van der Waals surface area contributed by atoms with Crippen LogP contribution in [0.2, 0.25) is 0 Å². The number of ether oxygens (including phenoxy) is 1. The lowest BCUT2D eigenvalue weighted by molar-refractivity contribution is -0.274. The molecule has 2 nitrogen and oxygen atoms in total. The molecule has 1 unspecified atom stereocenters. The fourth-order valence-electron chi connectivity index (χ4n) is 1.34. The molecular formula is C11H12F5NO. The van der Waals surface area contributed by atoms with Gasteiger partial charge in [0.15, 0.2) is 0 Å². The Bertz CT molecular complexity index is 363. The van der Waals surface area contributed by atoms with E-state index >= 15 is 0 Å². The van der Waals surface area contributed by atoms with Crippen molar-refractivity contribution in [3.8, 4) is 5.75 Å². The molecule has 0 saturated heterocycles. The second kappa shape index (κ2) is 5.99. The average Bonchev–Trinajstić information content (AvgIpc) is 2.24. The van der Waals surface area contributed by atoms with Gasteiger partial charge in [-0.3, -0.25) is 0 Å². The zero-order valence-corrected chi connectivity index (χ0v) is 9.47. The van der Waals surface area contributed by atoms with Crippen molar-refractivity contribution in [1.29, 1.82) is 0 Å². The van der Waals surface area contributed by atoms with Crippen molar-refractivity contribution in [3.63, 3.8) is 0 Å². The van der Waals surface area contributed by atoms with E-state index in [9.17, 15) is 22.0 Å². The van der Waals surface area contributed by atoms with Gasteiger partial charge in [-0.25, -0.2) is 8.78 Å². The zero-order valence-electron chi connectivity index (χ0n) is 9.47. The molecule has 0 spiro atoms. The highest BCUT2D eigenvalue weighted by atomic mass is 19.4. The largest absolute Gasteiger partial charge is 0.573 e. The summed E-state index contributed by atoms with van der Waals surface area (Å²) >= 11 is 0. The number of hydrogen-bond acceptors (Lipinski definition) is 2. The molecule has 0 amide bonds. The van der Waals surface area contributed by atoms with E-state index < -0.39 is 19.3 Å². The van der Waals surface area contributed by atoms with Crippen LogP contribution in [-0.4, -0.2) is 19.3 Å². The third kappa shape index (κ3) is 5.31. The van der Waals surface area contributed by atoms with E-state index in [0.717, 1.165) is 12.1 Å². The van der Waals surface area contributed by atoms with Crippen LogP contribution in [0, 0.1) is 0 Å². The van der Waals surface area contributed by atoms with E-state index in [4.69, 9.17) is 0 Å². The summed E-state index contributed by atoms with van der Waals surface area (Å²) in [7, 11) is 0. The van der Waals surface area contributed by atoms with Crippen molar-refractivity contribution in [2.45, 2.75) is 25.8 Å². The molecule has 1 atom stereocenters. The van der Waals surface area contributed by atoms with Crippen LogP contribution < -0.4 is 10.1 Å². The minimum absolute atomic E-state index is 0.340. The Labute approximate surface area is 101 Å². The van der Waals surface area contributed by atoms with Crippen molar-refractivity contribution >= 4 is 0 Å². The highest BCUT2D eigenvalue weighted by Gasteiger charge is 2.30. The fraction of sp³-hybridized carbons (Fsp3) is 0.455. The summed E-state index contributed by atoms with van der Waals surface area (Å²) in [5, 5.41) is 2.55. The predicted octanol–water partition coefficient (Wildman–Crippen LogP) is 3.50. The SMILES string of the molecule is CC(NCC(F)F)c1ccc(OC(F)(F)F)cc1. The number of nitrogens with one attached hydrogen (secondary N) is 1. The molecular weight excluding hydrogens is 257 g/mol. The summed E-state index contributed by atoms with van der Waals surface area (Å²) in [5.41, 5.74) is 0.602. The van der Waals surface area contributed by atoms with E-state index in [-0.39, 0.29) is 11.8 Å². The van der Waals surface area contributed by atoms with Gasteiger partial charge in [0.05, 0.1) is 6.54 Å². The average molecular weight is 269 g/mol. The fourth-order valence-corrected chi connectivity index (χ4v) is 1.34. The molecule has 0 aliphatic heterocycles. The lowest BCUT2D eigenvalue weighted by atomic mass is 10.1. The molecule has 0 aromatic heterocycles. The van der Waals surface area contributed by atoms with Crippen LogP contribution in [0.5, 0.6) is 5.75 Å². The lowest BCUT2D eigenvalue weighted by Crippen LogP contribution is -2.24. The predicted molar refractivity (Wildman–Crippen MR) is 55.5 cm³/mol. The van der Waals surface area contributed by atoms with Crippen molar-refractivity contribution in [2.75, 3.05) is 6.54 Å². The molecule has 1 rings (SSSR count). The number of halogens is 5. The van der Waals surface area contributed by atoms with Gasteiger partial charge in [0.2, 0.25) is 0 Å². The minimum atomic E-state index is -4.74. The number of hydrogen-bond donors (Lipinski definition) is 1. The van der Waals surface area contributed by atoms with Crippen molar-refractivity contribution < 1.29 is 26.7 Å². The van der Waals surface area contributed by atoms with E-state index in [0.29, 0.717) is 5.56 Å². The van der Waals surface area contributed by atoms with Crippen molar-refractivity contribution in [3.05, 3.63) is 29.8 Å². The molecule has 18 heavy (non-hydrogen) atoms. The van der Waals surface area contributed by atoms with Crippen LogP contribution >= 0.6 is 0 Å². The normalized spacial score (nSPS) is 13.7. The molecule has 1 aromatic rings. The molecule has 1 aromatic carbocycles. The summed E-state index contributed by atoms with van der Waals surface area (Å²) in [5.74, 6) is -0.340. The van der Waals surface area contributed by atoms with E-state index in [1.54, 1.807) is 6.92 Å². The Balaban J connectivity index is 2.59. The maximum atomic E-state index is 12.0. The summed E-state index contributed by atoms with van der Waals surface area (Å²) < 4.78 is 63.3. The third-order valence-electron chi connectivity index (χ3n) is 2.19. The molecule has 102 valence electrons. The van der Waals surface area contributed by atoms with Crippen LogP contribution in [0.1, 0.15) is 18.5 Å². The lowest BCUT2D eigenvalue weighted by Gasteiger charge is -2.15. The highest BCUT2D eigenvalue weighted by molar-refractivity contribution is 5.29. The highest BCUT2D eigenvalue weighted by Crippen LogP contribution is 2.24. The monoisotopic (exact) mass is 269 g/mol. The van der Waals surface area contributed by atoms with Gasteiger partial charge in [0.1, 0.15) is 5.75 Å². The molecule has 7 heteroatoms. The maximum absolute atomic E-state index is 12.0. The number of rotatable bonds is 5. The second-order valence-corrected chi connectivity index (χ2v) is 3.64. The van der Waals surface area contributed by atoms with Gasteiger partial charge in [-0.05, 0) is 24.6 Å². The first-order valence-electron chi connectivity index (χ1n) is 5.15. The maximum Gasteiger partial charge on any atom is 0.573 e. The summed E-state index contributed by atoms with van der Waals surface area (Å²) in [4.78, 5) is 0. The van der Waals surface area contributed by atoms with E-state index in [2.05, 4.69) is 10.1 Å². The second-order valence-electron chi connectivity index (χ2n) is 3.64. The van der Waals surface area contributed by atoms with Crippen LogP contribution in [0.4, 0.5) is 22.0 Å². The Morgan fingerprint density at radius 1 is 1.17 bits per heavy atom.